The van der Waals surface area contributed by atoms with Crippen LogP contribution < -0.4 is 0 Å². The van der Waals surface area contributed by atoms with Crippen LogP contribution in [0.5, 0.6) is 0 Å². The van der Waals surface area contributed by atoms with Gasteiger partial charge in [-0.15, -0.1) is 0 Å². The second-order valence-corrected chi connectivity index (χ2v) is 7.14. The van der Waals surface area contributed by atoms with E-state index in [1.807, 2.05) is 6.07 Å². The van der Waals surface area contributed by atoms with Gasteiger partial charge in [0.25, 0.3) is 0 Å². The molecule has 4 nitrogen and oxygen atoms in total. The Morgan fingerprint density at radius 3 is 2.44 bits per heavy atom. The third-order valence-electron chi connectivity index (χ3n) is 5.01. The molecule has 0 amide bonds. The van der Waals surface area contributed by atoms with Crippen molar-refractivity contribution >= 4 is 11.0 Å². The molecule has 0 saturated carbocycles. The molecule has 138 valence electrons. The highest BCUT2D eigenvalue weighted by atomic mass is 16.6. The van der Waals surface area contributed by atoms with E-state index in [2.05, 4.69) is 28.2 Å². The Hall–Kier alpha value is -1.39. The number of nitrogens with zero attached hydrogens (tertiary/aromatic N) is 1. The van der Waals surface area contributed by atoms with Crippen LogP contribution in [0.4, 0.5) is 0 Å². The van der Waals surface area contributed by atoms with Crippen molar-refractivity contribution in [3.8, 4) is 0 Å². The molecule has 1 N–H and O–H groups in total. The van der Waals surface area contributed by atoms with Gasteiger partial charge in [0.1, 0.15) is 5.82 Å². The van der Waals surface area contributed by atoms with Gasteiger partial charge in [-0.1, -0.05) is 57.1 Å². The van der Waals surface area contributed by atoms with Crippen LogP contribution in [0.3, 0.4) is 0 Å². The molecule has 1 aromatic carbocycles. The van der Waals surface area contributed by atoms with Crippen molar-refractivity contribution in [3.63, 3.8) is 0 Å². The first-order valence-corrected chi connectivity index (χ1v) is 10.0. The number of imidazole rings is 1. The van der Waals surface area contributed by atoms with E-state index < -0.39 is 0 Å². The molecule has 0 radical (unpaired) electrons. The van der Waals surface area contributed by atoms with Crippen molar-refractivity contribution < 1.29 is 9.47 Å². The van der Waals surface area contributed by atoms with Crippen LogP contribution in [-0.2, 0) is 15.9 Å². The van der Waals surface area contributed by atoms with Crippen molar-refractivity contribution in [3.05, 3.63) is 30.1 Å². The number of ether oxygens (including phenoxy) is 2. The summed E-state index contributed by atoms with van der Waals surface area (Å²) >= 11 is 0. The van der Waals surface area contributed by atoms with Crippen LogP contribution in [0, 0.1) is 0 Å². The molecule has 1 atom stereocenters. The number of rotatable bonds is 11. The lowest BCUT2D eigenvalue weighted by atomic mass is 10.0. The minimum Gasteiger partial charge on any atom is -0.376 e. The van der Waals surface area contributed by atoms with Crippen molar-refractivity contribution in [1.29, 1.82) is 0 Å². The van der Waals surface area contributed by atoms with Crippen LogP contribution in [0.15, 0.2) is 24.3 Å². The zero-order valence-corrected chi connectivity index (χ0v) is 15.3. The van der Waals surface area contributed by atoms with Crippen LogP contribution in [-0.4, -0.2) is 35.9 Å². The summed E-state index contributed by atoms with van der Waals surface area (Å²) in [6, 6.07) is 8.27. The first-order valence-electron chi connectivity index (χ1n) is 10.0. The van der Waals surface area contributed by atoms with Gasteiger partial charge in [0.05, 0.1) is 37.0 Å². The number of fused-ring (bicyclic) bond motifs is 1. The van der Waals surface area contributed by atoms with Crippen LogP contribution in [0.25, 0.3) is 11.0 Å². The minimum absolute atomic E-state index is 0.354. The van der Waals surface area contributed by atoms with Crippen molar-refractivity contribution in [2.24, 2.45) is 0 Å². The van der Waals surface area contributed by atoms with Gasteiger partial charge in [0.15, 0.2) is 0 Å². The molecule has 2 heterocycles. The van der Waals surface area contributed by atoms with E-state index in [0.29, 0.717) is 6.10 Å². The molecule has 3 rings (SSSR count). The first kappa shape index (κ1) is 18.4. The standard InChI is InChI=1S/C21H32N2O2/c1(3-5-7-11-18-17-24-15-16-25-18)2-4-6-8-14-21-22-19-12-9-10-13-20(19)23-21/h9-10,12-13,18H,1-8,11,14-17H2,(H,22,23). The van der Waals surface area contributed by atoms with Gasteiger partial charge >= 0.3 is 0 Å². The molecular weight excluding hydrogens is 312 g/mol. The Labute approximate surface area is 151 Å². The lowest BCUT2D eigenvalue weighted by Gasteiger charge is -2.22. The zero-order valence-electron chi connectivity index (χ0n) is 15.3. The lowest BCUT2D eigenvalue weighted by Crippen LogP contribution is -2.28. The molecule has 0 bridgehead atoms. The normalized spacial score (nSPS) is 18.0. The summed E-state index contributed by atoms with van der Waals surface area (Å²) in [6.07, 6.45) is 13.2. The smallest absolute Gasteiger partial charge is 0.107 e. The van der Waals surface area contributed by atoms with Crippen LogP contribution in [0.2, 0.25) is 0 Å². The quantitative estimate of drug-likeness (QED) is 0.581. The number of nitrogens with one attached hydrogen (secondary N) is 1. The van der Waals surface area contributed by atoms with E-state index in [1.54, 1.807) is 0 Å². The summed E-state index contributed by atoms with van der Waals surface area (Å²) < 4.78 is 11.1. The van der Waals surface area contributed by atoms with Gasteiger partial charge in [-0.3, -0.25) is 0 Å². The van der Waals surface area contributed by atoms with Crippen molar-refractivity contribution in [2.75, 3.05) is 19.8 Å². The van der Waals surface area contributed by atoms with Crippen molar-refractivity contribution in [1.82, 2.24) is 9.97 Å². The molecule has 1 aliphatic rings. The molecule has 25 heavy (non-hydrogen) atoms. The monoisotopic (exact) mass is 344 g/mol. The maximum atomic E-state index is 5.67. The molecule has 1 saturated heterocycles. The molecule has 0 spiro atoms. The second kappa shape index (κ2) is 10.6. The highest BCUT2D eigenvalue weighted by Gasteiger charge is 2.13. The van der Waals surface area contributed by atoms with Gasteiger partial charge in [-0.2, -0.15) is 0 Å². The fourth-order valence-corrected chi connectivity index (χ4v) is 3.55. The topological polar surface area (TPSA) is 47.1 Å². The third-order valence-corrected chi connectivity index (χ3v) is 5.01. The molecule has 0 aliphatic carbocycles. The van der Waals surface area contributed by atoms with Gasteiger partial charge in [0, 0.05) is 6.42 Å². The number of aromatic amines is 1. The molecule has 4 heteroatoms. The summed E-state index contributed by atoms with van der Waals surface area (Å²) in [7, 11) is 0. The predicted molar refractivity (Wildman–Crippen MR) is 102 cm³/mol. The summed E-state index contributed by atoms with van der Waals surface area (Å²) in [6.45, 7) is 2.34. The summed E-state index contributed by atoms with van der Waals surface area (Å²) in [5.74, 6) is 1.13. The first-order chi connectivity index (χ1) is 12.4. The molecule has 1 aromatic heterocycles. The molecule has 1 fully saturated rings. The summed E-state index contributed by atoms with van der Waals surface area (Å²) in [4.78, 5) is 8.06. The molecule has 1 unspecified atom stereocenters. The Kier molecular flexibility index (Phi) is 7.78. The van der Waals surface area contributed by atoms with Crippen LogP contribution >= 0.6 is 0 Å². The van der Waals surface area contributed by atoms with Gasteiger partial charge in [0.2, 0.25) is 0 Å². The Bertz CT molecular complexity index is 572. The fourth-order valence-electron chi connectivity index (χ4n) is 3.55. The Balaban J connectivity index is 1.15. The molecule has 2 aromatic rings. The van der Waals surface area contributed by atoms with E-state index in [9.17, 15) is 0 Å². The van der Waals surface area contributed by atoms with Crippen molar-refractivity contribution in [2.45, 2.75) is 70.3 Å². The number of H-pyrrole nitrogens is 1. The third kappa shape index (κ3) is 6.44. The van der Waals surface area contributed by atoms with E-state index in [1.165, 1.54) is 51.4 Å². The number of hydrogen-bond donors (Lipinski definition) is 1. The Morgan fingerprint density at radius 2 is 1.68 bits per heavy atom. The highest BCUT2D eigenvalue weighted by Crippen LogP contribution is 2.15. The molecular formula is C21H32N2O2. The fraction of sp³-hybridized carbons (Fsp3) is 0.667. The highest BCUT2D eigenvalue weighted by molar-refractivity contribution is 5.74. The van der Waals surface area contributed by atoms with E-state index in [0.717, 1.165) is 49.5 Å². The number of benzene rings is 1. The second-order valence-electron chi connectivity index (χ2n) is 7.14. The summed E-state index contributed by atoms with van der Waals surface area (Å²) in [5.41, 5.74) is 2.24. The average Bonchev–Trinajstić information content (AvgIpc) is 3.07. The number of aryl methyl sites for hydroxylation is 1. The average molecular weight is 344 g/mol. The predicted octanol–water partition coefficient (Wildman–Crippen LogP) is 5.03. The summed E-state index contributed by atoms with van der Waals surface area (Å²) in [5, 5.41) is 0. The maximum absolute atomic E-state index is 5.67. The van der Waals surface area contributed by atoms with Gasteiger partial charge < -0.3 is 14.5 Å². The largest absolute Gasteiger partial charge is 0.376 e. The SMILES string of the molecule is c1ccc2[nH]c(CCCCCCCCCCC3COCCO3)nc2c1. The van der Waals surface area contributed by atoms with E-state index in [-0.39, 0.29) is 0 Å². The van der Waals surface area contributed by atoms with Gasteiger partial charge in [-0.25, -0.2) is 4.98 Å². The maximum Gasteiger partial charge on any atom is 0.107 e. The number of para-hydroxylation sites is 2. The number of unbranched alkanes of at least 4 members (excludes halogenated alkanes) is 7. The minimum atomic E-state index is 0.354. The molecule has 1 aliphatic heterocycles. The van der Waals surface area contributed by atoms with Crippen LogP contribution in [0.1, 0.15) is 63.6 Å². The van der Waals surface area contributed by atoms with E-state index in [4.69, 9.17) is 9.47 Å². The zero-order chi connectivity index (χ0) is 17.2. The van der Waals surface area contributed by atoms with Gasteiger partial charge in [-0.05, 0) is 25.0 Å². The Morgan fingerprint density at radius 1 is 0.920 bits per heavy atom. The van der Waals surface area contributed by atoms with E-state index >= 15 is 0 Å². The number of hydrogen-bond acceptors (Lipinski definition) is 3. The lowest BCUT2D eigenvalue weighted by molar-refractivity contribution is -0.0912. The number of aromatic nitrogens is 2.